The molecule has 1 aromatic carbocycles. The molecule has 0 aromatic heterocycles. The lowest BCUT2D eigenvalue weighted by atomic mass is 9.88. The molecular formula is C15H22N2O2. The van der Waals surface area contributed by atoms with Gasteiger partial charge < -0.3 is 19.7 Å². The van der Waals surface area contributed by atoms with Gasteiger partial charge in [-0.15, -0.1) is 0 Å². The highest BCUT2D eigenvalue weighted by molar-refractivity contribution is 5.59. The van der Waals surface area contributed by atoms with Crippen LogP contribution in [0.4, 0.5) is 5.69 Å². The van der Waals surface area contributed by atoms with Gasteiger partial charge in [-0.25, -0.2) is 0 Å². The molecule has 1 N–H and O–H groups in total. The Morgan fingerprint density at radius 2 is 2.11 bits per heavy atom. The van der Waals surface area contributed by atoms with Crippen LogP contribution < -0.4 is 19.7 Å². The van der Waals surface area contributed by atoms with E-state index in [9.17, 15) is 0 Å². The van der Waals surface area contributed by atoms with Gasteiger partial charge in [0.05, 0.1) is 0 Å². The summed E-state index contributed by atoms with van der Waals surface area (Å²) in [5.74, 6) is 2.39. The van der Waals surface area contributed by atoms with Crippen LogP contribution in [0.5, 0.6) is 11.5 Å². The predicted molar refractivity (Wildman–Crippen MR) is 76.0 cm³/mol. The Hall–Kier alpha value is -1.42. The normalized spacial score (nSPS) is 23.9. The van der Waals surface area contributed by atoms with Crippen LogP contribution >= 0.6 is 0 Å². The average Bonchev–Trinajstić information content (AvgIpc) is 2.94. The molecule has 1 unspecified atom stereocenters. The molecule has 2 aliphatic heterocycles. The second kappa shape index (κ2) is 4.60. The van der Waals surface area contributed by atoms with Crippen molar-refractivity contribution in [3.63, 3.8) is 0 Å². The van der Waals surface area contributed by atoms with Crippen LogP contribution in [0.1, 0.15) is 20.3 Å². The maximum absolute atomic E-state index is 5.48. The van der Waals surface area contributed by atoms with Crippen molar-refractivity contribution in [2.75, 3.05) is 31.8 Å². The molecule has 0 amide bonds. The van der Waals surface area contributed by atoms with Gasteiger partial charge in [0.1, 0.15) is 0 Å². The highest BCUT2D eigenvalue weighted by Crippen LogP contribution is 2.42. The zero-order chi connectivity index (χ0) is 13.5. The van der Waals surface area contributed by atoms with E-state index in [1.807, 2.05) is 13.1 Å². The minimum Gasteiger partial charge on any atom is -0.454 e. The van der Waals surface area contributed by atoms with E-state index >= 15 is 0 Å². The van der Waals surface area contributed by atoms with Crippen LogP contribution in [0.3, 0.4) is 0 Å². The monoisotopic (exact) mass is 262 g/mol. The van der Waals surface area contributed by atoms with Crippen molar-refractivity contribution in [3.05, 3.63) is 18.2 Å². The molecule has 3 rings (SSSR count). The zero-order valence-electron chi connectivity index (χ0n) is 11.9. The summed E-state index contributed by atoms with van der Waals surface area (Å²) in [6, 6.07) is 6.25. The molecule has 4 heteroatoms. The fraction of sp³-hybridized carbons (Fsp3) is 0.600. The summed E-state index contributed by atoms with van der Waals surface area (Å²) in [4.78, 5) is 2.48. The number of ether oxygens (including phenoxy) is 2. The van der Waals surface area contributed by atoms with E-state index in [1.54, 1.807) is 0 Å². The number of hydrogen-bond acceptors (Lipinski definition) is 4. The van der Waals surface area contributed by atoms with Crippen LogP contribution in [0, 0.1) is 5.92 Å². The standard InChI is InChI=1S/C15H22N2O2/c1-15(2)11(9-16-3)6-7-17(15)12-4-5-13-14(8-12)19-10-18-13/h4-5,8,11,16H,6-7,9-10H2,1-3H3. The van der Waals surface area contributed by atoms with Gasteiger partial charge in [0, 0.05) is 23.8 Å². The van der Waals surface area contributed by atoms with Crippen molar-refractivity contribution in [2.45, 2.75) is 25.8 Å². The molecule has 0 bridgehead atoms. The van der Waals surface area contributed by atoms with E-state index in [0.717, 1.165) is 24.6 Å². The molecule has 0 spiro atoms. The minimum atomic E-state index is 0.163. The van der Waals surface area contributed by atoms with E-state index in [0.29, 0.717) is 12.7 Å². The van der Waals surface area contributed by atoms with Gasteiger partial charge in [0.2, 0.25) is 6.79 Å². The topological polar surface area (TPSA) is 33.7 Å². The highest BCUT2D eigenvalue weighted by Gasteiger charge is 2.41. The first kappa shape index (κ1) is 12.6. The largest absolute Gasteiger partial charge is 0.454 e. The van der Waals surface area contributed by atoms with E-state index in [4.69, 9.17) is 9.47 Å². The Morgan fingerprint density at radius 3 is 2.89 bits per heavy atom. The smallest absolute Gasteiger partial charge is 0.231 e. The Kier molecular flexibility index (Phi) is 3.05. The van der Waals surface area contributed by atoms with Gasteiger partial charge in [0.25, 0.3) is 0 Å². The van der Waals surface area contributed by atoms with Crippen LogP contribution in [-0.2, 0) is 0 Å². The SMILES string of the molecule is CNCC1CCN(c2ccc3c(c2)OCO3)C1(C)C. The Morgan fingerprint density at radius 1 is 1.32 bits per heavy atom. The molecule has 1 saturated heterocycles. The van der Waals surface area contributed by atoms with E-state index in [1.165, 1.54) is 12.1 Å². The third-order valence-electron chi connectivity index (χ3n) is 4.51. The van der Waals surface area contributed by atoms with E-state index in [-0.39, 0.29) is 5.54 Å². The van der Waals surface area contributed by atoms with Crippen molar-refractivity contribution < 1.29 is 9.47 Å². The van der Waals surface area contributed by atoms with Crippen molar-refractivity contribution in [3.8, 4) is 11.5 Å². The molecule has 1 fully saturated rings. The van der Waals surface area contributed by atoms with Gasteiger partial charge in [-0.2, -0.15) is 0 Å². The molecule has 4 nitrogen and oxygen atoms in total. The number of nitrogens with zero attached hydrogens (tertiary/aromatic N) is 1. The maximum atomic E-state index is 5.48. The lowest BCUT2D eigenvalue weighted by Crippen LogP contribution is -2.45. The molecule has 0 aliphatic carbocycles. The Balaban J connectivity index is 1.86. The summed E-state index contributed by atoms with van der Waals surface area (Å²) in [6.45, 7) is 7.15. The van der Waals surface area contributed by atoms with Crippen molar-refractivity contribution >= 4 is 5.69 Å². The Bertz CT molecular complexity index is 473. The molecule has 104 valence electrons. The lowest BCUT2D eigenvalue weighted by molar-refractivity contribution is 0.174. The van der Waals surface area contributed by atoms with Gasteiger partial charge in [-0.05, 0) is 51.9 Å². The first-order valence-corrected chi connectivity index (χ1v) is 6.95. The molecule has 19 heavy (non-hydrogen) atoms. The fourth-order valence-corrected chi connectivity index (χ4v) is 3.26. The molecule has 0 radical (unpaired) electrons. The molecule has 2 aliphatic rings. The molecule has 1 atom stereocenters. The number of rotatable bonds is 3. The summed E-state index contributed by atoms with van der Waals surface area (Å²) in [5.41, 5.74) is 1.39. The van der Waals surface area contributed by atoms with Crippen molar-refractivity contribution in [2.24, 2.45) is 5.92 Å². The van der Waals surface area contributed by atoms with Crippen LogP contribution in [0.15, 0.2) is 18.2 Å². The molecule has 0 saturated carbocycles. The van der Waals surface area contributed by atoms with Gasteiger partial charge in [-0.1, -0.05) is 0 Å². The number of fused-ring (bicyclic) bond motifs is 1. The van der Waals surface area contributed by atoms with Gasteiger partial charge >= 0.3 is 0 Å². The average molecular weight is 262 g/mol. The van der Waals surface area contributed by atoms with Crippen molar-refractivity contribution in [1.29, 1.82) is 0 Å². The Labute approximate surface area is 114 Å². The summed E-state index contributed by atoms with van der Waals surface area (Å²) in [7, 11) is 2.03. The summed E-state index contributed by atoms with van der Waals surface area (Å²) in [6.07, 6.45) is 1.22. The maximum Gasteiger partial charge on any atom is 0.231 e. The minimum absolute atomic E-state index is 0.163. The highest BCUT2D eigenvalue weighted by atomic mass is 16.7. The van der Waals surface area contributed by atoms with Crippen LogP contribution in [-0.4, -0.2) is 32.5 Å². The first-order chi connectivity index (χ1) is 9.13. The number of anilines is 1. The predicted octanol–water partition coefficient (Wildman–Crippen LogP) is 2.24. The first-order valence-electron chi connectivity index (χ1n) is 6.95. The molecule has 2 heterocycles. The number of nitrogens with one attached hydrogen (secondary N) is 1. The van der Waals surface area contributed by atoms with E-state index in [2.05, 4.69) is 36.2 Å². The second-order valence-electron chi connectivity index (χ2n) is 5.89. The van der Waals surface area contributed by atoms with Crippen molar-refractivity contribution in [1.82, 2.24) is 5.32 Å². The number of benzene rings is 1. The number of hydrogen-bond donors (Lipinski definition) is 1. The van der Waals surface area contributed by atoms with Gasteiger partial charge in [-0.3, -0.25) is 0 Å². The van der Waals surface area contributed by atoms with E-state index < -0.39 is 0 Å². The third kappa shape index (κ3) is 2.04. The second-order valence-corrected chi connectivity index (χ2v) is 5.89. The summed E-state index contributed by atoms with van der Waals surface area (Å²) in [5, 5.41) is 3.31. The third-order valence-corrected chi connectivity index (χ3v) is 4.51. The molecular weight excluding hydrogens is 240 g/mol. The quantitative estimate of drug-likeness (QED) is 0.906. The zero-order valence-corrected chi connectivity index (χ0v) is 11.9. The van der Waals surface area contributed by atoms with Crippen LogP contribution in [0.2, 0.25) is 0 Å². The van der Waals surface area contributed by atoms with Crippen LogP contribution in [0.25, 0.3) is 0 Å². The summed E-state index contributed by atoms with van der Waals surface area (Å²) >= 11 is 0. The fourth-order valence-electron chi connectivity index (χ4n) is 3.26. The lowest BCUT2D eigenvalue weighted by Gasteiger charge is -2.37. The summed E-state index contributed by atoms with van der Waals surface area (Å²) < 4.78 is 10.9. The van der Waals surface area contributed by atoms with Gasteiger partial charge in [0.15, 0.2) is 11.5 Å². The molecule has 1 aromatic rings.